The average Bonchev–Trinajstić information content (AvgIpc) is 2.78. The van der Waals surface area contributed by atoms with Crippen molar-refractivity contribution in [1.82, 2.24) is 10.2 Å². The lowest BCUT2D eigenvalue weighted by Gasteiger charge is -2.39. The lowest BCUT2D eigenvalue weighted by atomic mass is 9.76. The summed E-state index contributed by atoms with van der Waals surface area (Å²) in [6, 6.07) is 17.4. The van der Waals surface area contributed by atoms with Gasteiger partial charge in [0.15, 0.2) is 0 Å². The van der Waals surface area contributed by atoms with Gasteiger partial charge in [0, 0.05) is 37.2 Å². The Morgan fingerprint density at radius 1 is 1.10 bits per heavy atom. The van der Waals surface area contributed by atoms with Crippen molar-refractivity contribution >= 4 is 11.6 Å². The van der Waals surface area contributed by atoms with Crippen LogP contribution in [0.4, 0.5) is 0 Å². The van der Waals surface area contributed by atoms with E-state index in [0.29, 0.717) is 12.0 Å². The Bertz CT molecular complexity index is 790. The molecule has 2 aromatic rings. The Labute approximate surface area is 180 Å². The van der Waals surface area contributed by atoms with Crippen LogP contribution in [0.25, 0.3) is 0 Å². The highest BCUT2D eigenvalue weighted by molar-refractivity contribution is 6.30. The van der Waals surface area contributed by atoms with Crippen LogP contribution in [0, 0.1) is 5.92 Å². The first-order chi connectivity index (χ1) is 14.2. The Morgan fingerprint density at radius 3 is 2.72 bits per heavy atom. The molecule has 3 nitrogen and oxygen atoms in total. The molecule has 156 valence electrons. The second kappa shape index (κ2) is 9.97. The van der Waals surface area contributed by atoms with E-state index in [1.165, 1.54) is 43.2 Å². The largest absolute Gasteiger partial charge is 0.497 e. The van der Waals surface area contributed by atoms with E-state index in [-0.39, 0.29) is 0 Å². The third kappa shape index (κ3) is 5.33. The fourth-order valence-corrected chi connectivity index (χ4v) is 5.34. The van der Waals surface area contributed by atoms with Gasteiger partial charge in [-0.25, -0.2) is 0 Å². The van der Waals surface area contributed by atoms with Crippen LogP contribution in [0.2, 0.25) is 5.02 Å². The first kappa shape index (κ1) is 20.7. The predicted octanol–water partition coefficient (Wildman–Crippen LogP) is 5.66. The summed E-state index contributed by atoms with van der Waals surface area (Å²) < 4.78 is 5.53. The summed E-state index contributed by atoms with van der Waals surface area (Å²) in [4.78, 5) is 2.65. The summed E-state index contributed by atoms with van der Waals surface area (Å²) in [5.74, 6) is 2.32. The molecule has 2 fully saturated rings. The second-order valence-corrected chi connectivity index (χ2v) is 9.04. The van der Waals surface area contributed by atoms with Crippen LogP contribution in [-0.2, 0) is 0 Å². The van der Waals surface area contributed by atoms with Gasteiger partial charge >= 0.3 is 0 Å². The quantitative estimate of drug-likeness (QED) is 0.662. The summed E-state index contributed by atoms with van der Waals surface area (Å²) in [5.41, 5.74) is 2.73. The van der Waals surface area contributed by atoms with Crippen molar-refractivity contribution in [3.63, 3.8) is 0 Å². The van der Waals surface area contributed by atoms with E-state index in [0.717, 1.165) is 42.9 Å². The fraction of sp³-hybridized carbons (Fsp3) is 0.520. The highest BCUT2D eigenvalue weighted by atomic mass is 35.5. The van der Waals surface area contributed by atoms with Crippen LogP contribution in [0.1, 0.15) is 55.2 Å². The zero-order valence-electron chi connectivity index (χ0n) is 17.4. The topological polar surface area (TPSA) is 24.5 Å². The number of rotatable bonds is 6. The van der Waals surface area contributed by atoms with E-state index >= 15 is 0 Å². The fourth-order valence-electron chi connectivity index (χ4n) is 5.14. The summed E-state index contributed by atoms with van der Waals surface area (Å²) in [7, 11) is 1.76. The Morgan fingerprint density at radius 2 is 1.93 bits per heavy atom. The highest BCUT2D eigenvalue weighted by Crippen LogP contribution is 2.38. The molecule has 1 heterocycles. The van der Waals surface area contributed by atoms with E-state index in [9.17, 15) is 0 Å². The summed E-state index contributed by atoms with van der Waals surface area (Å²) in [5, 5.41) is 4.50. The molecule has 0 radical (unpaired) electrons. The average molecular weight is 413 g/mol. The van der Waals surface area contributed by atoms with Gasteiger partial charge in [0.05, 0.1) is 7.11 Å². The van der Waals surface area contributed by atoms with E-state index in [4.69, 9.17) is 16.3 Å². The minimum Gasteiger partial charge on any atom is -0.497 e. The zero-order valence-corrected chi connectivity index (χ0v) is 18.2. The summed E-state index contributed by atoms with van der Waals surface area (Å²) in [6.45, 7) is 4.28. The second-order valence-electron chi connectivity index (χ2n) is 8.60. The number of halogens is 1. The van der Waals surface area contributed by atoms with Crippen LogP contribution >= 0.6 is 11.6 Å². The highest BCUT2D eigenvalue weighted by Gasteiger charge is 2.29. The molecule has 2 unspecified atom stereocenters. The minimum atomic E-state index is 0.347. The van der Waals surface area contributed by atoms with Gasteiger partial charge < -0.3 is 10.1 Å². The maximum Gasteiger partial charge on any atom is 0.119 e. The summed E-state index contributed by atoms with van der Waals surface area (Å²) >= 11 is 6.24. The lowest BCUT2D eigenvalue weighted by Crippen LogP contribution is -2.47. The van der Waals surface area contributed by atoms with Crippen molar-refractivity contribution < 1.29 is 4.74 Å². The molecule has 2 atom stereocenters. The molecular weight excluding hydrogens is 380 g/mol. The van der Waals surface area contributed by atoms with Gasteiger partial charge in [0.2, 0.25) is 0 Å². The van der Waals surface area contributed by atoms with Crippen molar-refractivity contribution in [2.24, 2.45) is 5.92 Å². The first-order valence-corrected chi connectivity index (χ1v) is 11.5. The number of piperazine rings is 1. The molecule has 0 bridgehead atoms. The number of benzene rings is 2. The smallest absolute Gasteiger partial charge is 0.119 e. The van der Waals surface area contributed by atoms with Gasteiger partial charge in [-0.1, -0.05) is 55.1 Å². The van der Waals surface area contributed by atoms with E-state index < -0.39 is 0 Å². The SMILES string of the molecule is COc1cccc(C(CN2CCNC(c3cccc(Cl)c3)C2)C2CCCCC2)c1. The lowest BCUT2D eigenvalue weighted by molar-refractivity contribution is 0.162. The molecule has 0 aromatic heterocycles. The maximum absolute atomic E-state index is 6.24. The molecule has 1 aliphatic carbocycles. The normalized spacial score (nSPS) is 22.3. The number of nitrogens with zero attached hydrogens (tertiary/aromatic N) is 1. The van der Waals surface area contributed by atoms with Gasteiger partial charge in [0.1, 0.15) is 5.75 Å². The third-order valence-corrected chi connectivity index (χ3v) is 6.94. The van der Waals surface area contributed by atoms with Crippen molar-refractivity contribution in [3.05, 3.63) is 64.7 Å². The number of hydrogen-bond acceptors (Lipinski definition) is 3. The van der Waals surface area contributed by atoms with Crippen molar-refractivity contribution in [2.75, 3.05) is 33.3 Å². The zero-order chi connectivity index (χ0) is 20.1. The third-order valence-electron chi connectivity index (χ3n) is 6.71. The summed E-state index contributed by atoms with van der Waals surface area (Å²) in [6.07, 6.45) is 6.85. The molecule has 1 saturated heterocycles. The van der Waals surface area contributed by atoms with Gasteiger partial charge in [-0.3, -0.25) is 4.90 Å². The number of nitrogens with one attached hydrogen (secondary N) is 1. The molecule has 1 N–H and O–H groups in total. The Hall–Kier alpha value is -1.55. The van der Waals surface area contributed by atoms with E-state index in [2.05, 4.69) is 52.7 Å². The Balaban J connectivity index is 1.51. The van der Waals surface area contributed by atoms with Gasteiger partial charge in [-0.2, -0.15) is 0 Å². The van der Waals surface area contributed by atoms with Crippen molar-refractivity contribution in [1.29, 1.82) is 0 Å². The molecule has 4 heteroatoms. The van der Waals surface area contributed by atoms with Crippen LogP contribution in [0.5, 0.6) is 5.75 Å². The van der Waals surface area contributed by atoms with Crippen molar-refractivity contribution in [3.8, 4) is 5.75 Å². The van der Waals surface area contributed by atoms with E-state index in [1.54, 1.807) is 7.11 Å². The molecule has 0 spiro atoms. The van der Waals surface area contributed by atoms with Crippen LogP contribution in [0.15, 0.2) is 48.5 Å². The molecule has 1 saturated carbocycles. The number of ether oxygens (including phenoxy) is 1. The van der Waals surface area contributed by atoms with Crippen LogP contribution < -0.4 is 10.1 Å². The number of methoxy groups -OCH3 is 1. The number of hydrogen-bond donors (Lipinski definition) is 1. The maximum atomic E-state index is 6.24. The van der Waals surface area contributed by atoms with Crippen LogP contribution in [-0.4, -0.2) is 38.2 Å². The molecule has 2 aliphatic rings. The van der Waals surface area contributed by atoms with Gasteiger partial charge in [-0.15, -0.1) is 0 Å². The van der Waals surface area contributed by atoms with E-state index in [1.807, 2.05) is 6.07 Å². The molecule has 29 heavy (non-hydrogen) atoms. The van der Waals surface area contributed by atoms with Gasteiger partial charge in [0.25, 0.3) is 0 Å². The Kier molecular flexibility index (Phi) is 7.12. The molecule has 0 amide bonds. The minimum absolute atomic E-state index is 0.347. The first-order valence-electron chi connectivity index (χ1n) is 11.1. The molecule has 1 aliphatic heterocycles. The van der Waals surface area contributed by atoms with Crippen molar-refractivity contribution in [2.45, 2.75) is 44.1 Å². The molecule has 2 aromatic carbocycles. The van der Waals surface area contributed by atoms with Crippen LogP contribution in [0.3, 0.4) is 0 Å². The molecular formula is C25H33ClN2O. The molecule has 4 rings (SSSR count). The monoisotopic (exact) mass is 412 g/mol. The standard InChI is InChI=1S/C25H33ClN2O/c1-29-23-12-6-9-20(16-23)24(19-7-3-2-4-8-19)17-28-14-13-27-25(18-28)21-10-5-11-22(26)15-21/h5-6,9-12,15-16,19,24-25,27H,2-4,7-8,13-14,17-18H2,1H3. The predicted molar refractivity (Wildman–Crippen MR) is 121 cm³/mol. The van der Waals surface area contributed by atoms with Gasteiger partial charge in [-0.05, 0) is 60.1 Å².